The second-order valence-corrected chi connectivity index (χ2v) is 6.94. The molecular weight excluding hydrogens is 274 g/mol. The first-order valence-electron chi connectivity index (χ1n) is 8.44. The van der Waals surface area contributed by atoms with Crippen LogP contribution in [0.4, 0.5) is 0 Å². The molecule has 0 aromatic heterocycles. The highest BCUT2D eigenvalue weighted by atomic mass is 16.2. The molecule has 0 aliphatic carbocycles. The number of hydrogen-bond donors (Lipinski definition) is 1. The van der Waals surface area contributed by atoms with E-state index in [9.17, 15) is 4.79 Å². The van der Waals surface area contributed by atoms with Gasteiger partial charge in [-0.15, -0.1) is 0 Å². The van der Waals surface area contributed by atoms with Crippen molar-refractivity contribution in [3.8, 4) is 0 Å². The monoisotopic (exact) mass is 301 g/mol. The molecule has 4 heteroatoms. The van der Waals surface area contributed by atoms with Crippen molar-refractivity contribution >= 4 is 5.91 Å². The van der Waals surface area contributed by atoms with Gasteiger partial charge in [0.2, 0.25) is 5.91 Å². The lowest BCUT2D eigenvalue weighted by Crippen LogP contribution is -2.43. The lowest BCUT2D eigenvalue weighted by Gasteiger charge is -2.31. The molecule has 2 atom stereocenters. The van der Waals surface area contributed by atoms with E-state index in [-0.39, 0.29) is 11.9 Å². The predicted molar refractivity (Wildman–Crippen MR) is 88.6 cm³/mol. The summed E-state index contributed by atoms with van der Waals surface area (Å²) in [6.45, 7) is 6.33. The molecule has 22 heavy (non-hydrogen) atoms. The number of nitrogens with two attached hydrogens (primary N) is 1. The Hall–Kier alpha value is -1.39. The van der Waals surface area contributed by atoms with Gasteiger partial charge in [-0.3, -0.25) is 9.69 Å². The molecule has 2 saturated heterocycles. The van der Waals surface area contributed by atoms with Gasteiger partial charge in [-0.2, -0.15) is 0 Å². The molecule has 2 heterocycles. The molecule has 4 nitrogen and oxygen atoms in total. The number of amides is 1. The fourth-order valence-corrected chi connectivity index (χ4v) is 3.64. The second kappa shape index (κ2) is 6.80. The molecule has 2 fully saturated rings. The van der Waals surface area contributed by atoms with E-state index in [1.54, 1.807) is 0 Å². The van der Waals surface area contributed by atoms with Crippen molar-refractivity contribution in [1.82, 2.24) is 9.80 Å². The van der Waals surface area contributed by atoms with Crippen molar-refractivity contribution in [3.63, 3.8) is 0 Å². The maximum absolute atomic E-state index is 12.5. The minimum Gasteiger partial charge on any atom is -0.342 e. The highest BCUT2D eigenvalue weighted by Crippen LogP contribution is 2.26. The van der Waals surface area contributed by atoms with Crippen LogP contribution in [0.3, 0.4) is 0 Å². The highest BCUT2D eigenvalue weighted by molar-refractivity contribution is 5.78. The molecule has 1 aromatic rings. The number of benzene rings is 1. The van der Waals surface area contributed by atoms with Crippen LogP contribution in [0.15, 0.2) is 30.3 Å². The van der Waals surface area contributed by atoms with E-state index >= 15 is 0 Å². The van der Waals surface area contributed by atoms with E-state index < -0.39 is 0 Å². The molecule has 2 N–H and O–H groups in total. The average molecular weight is 301 g/mol. The van der Waals surface area contributed by atoms with Crippen molar-refractivity contribution in [2.75, 3.05) is 32.7 Å². The van der Waals surface area contributed by atoms with Gasteiger partial charge in [-0.25, -0.2) is 0 Å². The van der Waals surface area contributed by atoms with E-state index in [1.807, 2.05) is 11.0 Å². The number of nitrogens with zero attached hydrogens (tertiary/aromatic N) is 2. The van der Waals surface area contributed by atoms with Crippen LogP contribution in [0, 0.1) is 5.92 Å². The Morgan fingerprint density at radius 2 is 1.86 bits per heavy atom. The Labute approximate surface area is 133 Å². The third-order valence-electron chi connectivity index (χ3n) is 5.16. The summed E-state index contributed by atoms with van der Waals surface area (Å²) in [6.07, 6.45) is 2.27. The lowest BCUT2D eigenvalue weighted by molar-refractivity contribution is -0.133. The zero-order chi connectivity index (χ0) is 15.5. The first-order valence-corrected chi connectivity index (χ1v) is 8.44. The van der Waals surface area contributed by atoms with Crippen molar-refractivity contribution in [2.24, 2.45) is 11.7 Å². The molecule has 0 radical (unpaired) electrons. The molecule has 0 spiro atoms. The van der Waals surface area contributed by atoms with E-state index in [1.165, 1.54) is 5.56 Å². The Kier molecular flexibility index (Phi) is 4.79. The van der Waals surface area contributed by atoms with E-state index in [4.69, 9.17) is 5.73 Å². The molecule has 1 aromatic carbocycles. The summed E-state index contributed by atoms with van der Waals surface area (Å²) in [5.41, 5.74) is 7.60. The first kappa shape index (κ1) is 15.5. The number of hydrogen-bond acceptors (Lipinski definition) is 3. The quantitative estimate of drug-likeness (QED) is 0.924. The van der Waals surface area contributed by atoms with Crippen molar-refractivity contribution in [1.29, 1.82) is 0 Å². The van der Waals surface area contributed by atoms with E-state index in [0.29, 0.717) is 12.5 Å². The van der Waals surface area contributed by atoms with Crippen LogP contribution in [0.1, 0.15) is 31.2 Å². The minimum absolute atomic E-state index is 0.122. The SMILES string of the molecule is CC1CCN(C(=O)CN2C[C@@H](N)[C@H](c3ccccc3)C2)CC1. The molecule has 2 aliphatic heterocycles. The summed E-state index contributed by atoms with van der Waals surface area (Å²) in [6, 6.07) is 10.6. The fraction of sp³-hybridized carbons (Fsp3) is 0.611. The Balaban J connectivity index is 1.55. The molecule has 0 saturated carbocycles. The van der Waals surface area contributed by atoms with Crippen LogP contribution < -0.4 is 5.73 Å². The smallest absolute Gasteiger partial charge is 0.236 e. The van der Waals surface area contributed by atoms with Crippen LogP contribution in [0.25, 0.3) is 0 Å². The van der Waals surface area contributed by atoms with E-state index in [0.717, 1.165) is 44.9 Å². The van der Waals surface area contributed by atoms with Crippen molar-refractivity contribution in [2.45, 2.75) is 31.7 Å². The molecule has 0 unspecified atom stereocenters. The maximum Gasteiger partial charge on any atom is 0.236 e. The number of carbonyl (C=O) groups excluding carboxylic acids is 1. The number of likely N-dealkylation sites (tertiary alicyclic amines) is 2. The van der Waals surface area contributed by atoms with Gasteiger partial charge in [0.15, 0.2) is 0 Å². The molecule has 2 aliphatic rings. The number of rotatable bonds is 3. The van der Waals surface area contributed by atoms with Gasteiger partial charge in [-0.1, -0.05) is 37.3 Å². The van der Waals surface area contributed by atoms with Crippen molar-refractivity contribution < 1.29 is 4.79 Å². The van der Waals surface area contributed by atoms with E-state index in [2.05, 4.69) is 36.1 Å². The largest absolute Gasteiger partial charge is 0.342 e. The van der Waals surface area contributed by atoms with Gasteiger partial charge in [0.1, 0.15) is 0 Å². The van der Waals surface area contributed by atoms with Crippen LogP contribution in [0.2, 0.25) is 0 Å². The van der Waals surface area contributed by atoms with Gasteiger partial charge in [0.25, 0.3) is 0 Å². The fourth-order valence-electron chi connectivity index (χ4n) is 3.64. The number of piperidine rings is 1. The highest BCUT2D eigenvalue weighted by Gasteiger charge is 2.33. The van der Waals surface area contributed by atoms with Gasteiger partial charge in [0.05, 0.1) is 6.54 Å². The summed E-state index contributed by atoms with van der Waals surface area (Å²) in [5.74, 6) is 1.37. The summed E-state index contributed by atoms with van der Waals surface area (Å²) in [4.78, 5) is 16.7. The molecule has 0 bridgehead atoms. The van der Waals surface area contributed by atoms with Gasteiger partial charge >= 0.3 is 0 Å². The first-order chi connectivity index (χ1) is 10.6. The van der Waals surface area contributed by atoms with Crippen LogP contribution in [-0.4, -0.2) is 54.5 Å². The van der Waals surface area contributed by atoms with Crippen LogP contribution in [0.5, 0.6) is 0 Å². The molecular formula is C18H27N3O. The normalized spacial score (nSPS) is 27.3. The Bertz CT molecular complexity index is 496. The molecule has 120 valence electrons. The molecule has 1 amide bonds. The Morgan fingerprint density at radius 1 is 1.18 bits per heavy atom. The zero-order valence-electron chi connectivity index (χ0n) is 13.4. The standard InChI is InChI=1S/C18H27N3O/c1-14-7-9-21(10-8-14)18(22)13-20-11-16(17(19)12-20)15-5-3-2-4-6-15/h2-6,14,16-17H,7-13,19H2,1H3/t16-,17+/m0/s1. The minimum atomic E-state index is 0.122. The van der Waals surface area contributed by atoms with Crippen LogP contribution in [-0.2, 0) is 4.79 Å². The lowest BCUT2D eigenvalue weighted by atomic mass is 9.95. The third-order valence-corrected chi connectivity index (χ3v) is 5.16. The average Bonchev–Trinajstić information content (AvgIpc) is 2.89. The summed E-state index contributed by atoms with van der Waals surface area (Å²) >= 11 is 0. The van der Waals surface area contributed by atoms with Gasteiger partial charge < -0.3 is 10.6 Å². The summed E-state index contributed by atoms with van der Waals surface area (Å²) in [7, 11) is 0. The number of carbonyl (C=O) groups is 1. The van der Waals surface area contributed by atoms with Crippen LogP contribution >= 0.6 is 0 Å². The Morgan fingerprint density at radius 3 is 2.55 bits per heavy atom. The second-order valence-electron chi connectivity index (χ2n) is 6.94. The zero-order valence-corrected chi connectivity index (χ0v) is 13.4. The van der Waals surface area contributed by atoms with Gasteiger partial charge in [0, 0.05) is 38.1 Å². The van der Waals surface area contributed by atoms with Gasteiger partial charge in [-0.05, 0) is 24.3 Å². The summed E-state index contributed by atoms with van der Waals surface area (Å²) in [5, 5.41) is 0. The van der Waals surface area contributed by atoms with Crippen molar-refractivity contribution in [3.05, 3.63) is 35.9 Å². The predicted octanol–water partition coefficient (Wildman–Crippen LogP) is 1.67. The topological polar surface area (TPSA) is 49.6 Å². The third kappa shape index (κ3) is 3.50. The summed E-state index contributed by atoms with van der Waals surface area (Å²) < 4.78 is 0. The molecule has 3 rings (SSSR count). The maximum atomic E-state index is 12.5.